The Labute approximate surface area is 283 Å². The van der Waals surface area contributed by atoms with Crippen LogP contribution in [0.25, 0.3) is 0 Å². The van der Waals surface area contributed by atoms with Gasteiger partial charge in [0.05, 0.1) is 6.61 Å². The Kier molecular flexibility index (Phi) is 27.3. The van der Waals surface area contributed by atoms with E-state index in [9.17, 15) is 0 Å². The van der Waals surface area contributed by atoms with Gasteiger partial charge < -0.3 is 19.3 Å². The first-order valence-electron chi connectivity index (χ1n) is 20.9. The molecule has 0 aliphatic carbocycles. The molecule has 2 saturated heterocycles. The third-order valence-corrected chi connectivity index (χ3v) is 10.7. The zero-order valence-corrected chi connectivity index (χ0v) is 31.1. The Morgan fingerprint density at radius 3 is 1.13 bits per heavy atom. The normalized spacial score (nSPS) is 16.4. The van der Waals surface area contributed by atoms with E-state index in [1.165, 1.54) is 219 Å². The molecule has 4 heteroatoms. The summed E-state index contributed by atoms with van der Waals surface area (Å²) in [7, 11) is 0. The largest absolute Gasteiger partial charge is 0.381 e. The monoisotopic (exact) mass is 635 g/mol. The van der Waals surface area contributed by atoms with E-state index < -0.39 is 0 Å². The van der Waals surface area contributed by atoms with Crippen LogP contribution in [0.2, 0.25) is 0 Å². The summed E-state index contributed by atoms with van der Waals surface area (Å²) in [5.41, 5.74) is 0.316. The summed E-state index contributed by atoms with van der Waals surface area (Å²) in [4.78, 5) is 5.57. The molecule has 0 unspecified atom stereocenters. The summed E-state index contributed by atoms with van der Waals surface area (Å²) < 4.78 is 12.5. The number of nitrogens with zero attached hydrogens (tertiary/aromatic N) is 2. The summed E-state index contributed by atoms with van der Waals surface area (Å²) in [5, 5.41) is 0. The molecule has 2 aliphatic rings. The van der Waals surface area contributed by atoms with Crippen LogP contribution in [0.1, 0.15) is 194 Å². The summed E-state index contributed by atoms with van der Waals surface area (Å²) >= 11 is 0. The first kappa shape index (κ1) is 41.0. The maximum Gasteiger partial charge on any atom is 0.0546 e. The first-order chi connectivity index (χ1) is 22.3. The number of ether oxygens (including phenoxy) is 2. The van der Waals surface area contributed by atoms with Gasteiger partial charge in [-0.3, -0.25) is 0 Å². The maximum absolute atomic E-state index is 6.61. The van der Waals surface area contributed by atoms with E-state index in [1.807, 2.05) is 0 Å². The molecule has 2 fully saturated rings. The van der Waals surface area contributed by atoms with Crippen LogP contribution >= 0.6 is 0 Å². The Hall–Kier alpha value is -0.160. The Bertz CT molecular complexity index is 550. The highest BCUT2D eigenvalue weighted by atomic mass is 16.5. The van der Waals surface area contributed by atoms with Gasteiger partial charge in [0.25, 0.3) is 0 Å². The Balaban J connectivity index is 1.63. The van der Waals surface area contributed by atoms with E-state index in [-0.39, 0.29) is 0 Å². The molecule has 2 aliphatic heterocycles. The molecule has 0 atom stereocenters. The maximum atomic E-state index is 6.61. The van der Waals surface area contributed by atoms with Gasteiger partial charge in [-0.15, -0.1) is 0 Å². The fourth-order valence-electron chi connectivity index (χ4n) is 7.86. The minimum atomic E-state index is 0.316. The van der Waals surface area contributed by atoms with Crippen molar-refractivity contribution in [3.63, 3.8) is 0 Å². The van der Waals surface area contributed by atoms with Gasteiger partial charge in [0, 0.05) is 38.3 Å². The number of likely N-dealkylation sites (tertiary alicyclic amines) is 2. The summed E-state index contributed by atoms with van der Waals surface area (Å²) in [6, 6.07) is 0. The van der Waals surface area contributed by atoms with E-state index >= 15 is 0 Å². The van der Waals surface area contributed by atoms with Crippen molar-refractivity contribution in [2.75, 3.05) is 65.7 Å². The quantitative estimate of drug-likeness (QED) is 0.0658. The van der Waals surface area contributed by atoms with Gasteiger partial charge >= 0.3 is 0 Å². The van der Waals surface area contributed by atoms with Crippen LogP contribution in [0.3, 0.4) is 0 Å². The van der Waals surface area contributed by atoms with Gasteiger partial charge in [0.2, 0.25) is 0 Å². The van der Waals surface area contributed by atoms with E-state index in [2.05, 4.69) is 23.6 Å². The summed E-state index contributed by atoms with van der Waals surface area (Å²) in [6.07, 6.45) is 38.6. The van der Waals surface area contributed by atoms with Crippen LogP contribution < -0.4 is 0 Å². The molecule has 2 rings (SSSR count). The second-order valence-corrected chi connectivity index (χ2v) is 15.3. The molecular formula is C41H82N2O2. The average Bonchev–Trinajstić information content (AvgIpc) is 3.76. The number of hydrogen-bond donors (Lipinski definition) is 0. The zero-order chi connectivity index (χ0) is 31.9. The molecule has 0 amide bonds. The average molecular weight is 635 g/mol. The molecule has 0 aromatic rings. The van der Waals surface area contributed by atoms with Crippen molar-refractivity contribution >= 4 is 0 Å². The third-order valence-electron chi connectivity index (χ3n) is 10.7. The molecule has 0 radical (unpaired) electrons. The lowest BCUT2D eigenvalue weighted by Gasteiger charge is -2.40. The molecule has 0 N–H and O–H groups in total. The van der Waals surface area contributed by atoms with Crippen molar-refractivity contribution in [3.8, 4) is 0 Å². The topological polar surface area (TPSA) is 24.9 Å². The predicted octanol–water partition coefficient (Wildman–Crippen LogP) is 11.6. The lowest BCUT2D eigenvalue weighted by molar-refractivity contribution is -0.00376. The van der Waals surface area contributed by atoms with Gasteiger partial charge in [0.15, 0.2) is 0 Å². The van der Waals surface area contributed by atoms with Crippen molar-refractivity contribution in [3.05, 3.63) is 0 Å². The van der Waals surface area contributed by atoms with Gasteiger partial charge in [-0.05, 0) is 77.5 Å². The highest BCUT2D eigenvalue weighted by Gasteiger charge is 2.35. The van der Waals surface area contributed by atoms with Gasteiger partial charge in [-0.25, -0.2) is 0 Å². The fourth-order valence-corrected chi connectivity index (χ4v) is 7.86. The van der Waals surface area contributed by atoms with Gasteiger partial charge in [-0.2, -0.15) is 0 Å². The molecule has 0 aromatic carbocycles. The van der Waals surface area contributed by atoms with Gasteiger partial charge in [0.1, 0.15) is 0 Å². The van der Waals surface area contributed by atoms with Crippen LogP contribution in [0, 0.1) is 5.41 Å². The standard InChI is InChI=1S/C41H82N2O2/c1-3-5-7-9-10-11-12-13-14-16-21-29-37-45-40-41(38-42-31-23-24-32-42,39-43-33-25-26-34-43)30-22-18-15-17-20-28-36-44-35-27-19-8-6-4-2/h3-40H2,1-2H3. The van der Waals surface area contributed by atoms with E-state index in [0.717, 1.165) is 26.4 Å². The molecule has 0 bridgehead atoms. The van der Waals surface area contributed by atoms with Crippen molar-refractivity contribution in [1.29, 1.82) is 0 Å². The van der Waals surface area contributed by atoms with Crippen LogP contribution in [-0.2, 0) is 9.47 Å². The number of hydrogen-bond acceptors (Lipinski definition) is 4. The molecule has 0 saturated carbocycles. The third kappa shape index (κ3) is 22.9. The van der Waals surface area contributed by atoms with Crippen molar-refractivity contribution in [2.45, 2.75) is 194 Å². The Morgan fingerprint density at radius 1 is 0.400 bits per heavy atom. The molecule has 0 spiro atoms. The molecule has 4 nitrogen and oxygen atoms in total. The number of rotatable bonds is 34. The van der Waals surface area contributed by atoms with Gasteiger partial charge in [-0.1, -0.05) is 142 Å². The smallest absolute Gasteiger partial charge is 0.0546 e. The molecule has 45 heavy (non-hydrogen) atoms. The van der Waals surface area contributed by atoms with Crippen LogP contribution in [0.15, 0.2) is 0 Å². The van der Waals surface area contributed by atoms with Crippen LogP contribution in [0.5, 0.6) is 0 Å². The highest BCUT2D eigenvalue weighted by molar-refractivity contribution is 4.89. The second kappa shape index (κ2) is 29.9. The summed E-state index contributed by atoms with van der Waals surface area (Å²) in [5.74, 6) is 0. The lowest BCUT2D eigenvalue weighted by atomic mass is 9.81. The molecule has 0 aromatic heterocycles. The highest BCUT2D eigenvalue weighted by Crippen LogP contribution is 2.32. The lowest BCUT2D eigenvalue weighted by Crippen LogP contribution is -2.47. The first-order valence-corrected chi connectivity index (χ1v) is 20.9. The van der Waals surface area contributed by atoms with Crippen LogP contribution in [0.4, 0.5) is 0 Å². The second-order valence-electron chi connectivity index (χ2n) is 15.3. The minimum Gasteiger partial charge on any atom is -0.381 e. The van der Waals surface area contributed by atoms with E-state index in [0.29, 0.717) is 5.41 Å². The number of unbranched alkanes of at least 4 members (excludes halogenated alkanes) is 20. The SMILES string of the molecule is CCCCCCCCCCCCCCOCC(CCCCCCCCOCCCCCCC)(CN1CCCC1)CN1CCCC1. The molecular weight excluding hydrogens is 552 g/mol. The Morgan fingerprint density at radius 2 is 0.733 bits per heavy atom. The summed E-state index contributed by atoms with van der Waals surface area (Å²) in [6.45, 7) is 16.2. The van der Waals surface area contributed by atoms with Crippen molar-refractivity contribution in [1.82, 2.24) is 9.80 Å². The van der Waals surface area contributed by atoms with Crippen LogP contribution in [-0.4, -0.2) is 75.5 Å². The molecule has 268 valence electrons. The minimum absolute atomic E-state index is 0.316. The van der Waals surface area contributed by atoms with Crippen molar-refractivity contribution < 1.29 is 9.47 Å². The van der Waals surface area contributed by atoms with E-state index in [1.54, 1.807) is 0 Å². The zero-order valence-electron chi connectivity index (χ0n) is 31.1. The van der Waals surface area contributed by atoms with E-state index in [4.69, 9.17) is 9.47 Å². The molecule has 2 heterocycles. The van der Waals surface area contributed by atoms with Crippen molar-refractivity contribution in [2.24, 2.45) is 5.41 Å². The predicted molar refractivity (Wildman–Crippen MR) is 198 cm³/mol. The fraction of sp³-hybridized carbons (Fsp3) is 1.00.